The van der Waals surface area contributed by atoms with Gasteiger partial charge in [0.2, 0.25) is 0 Å². The fourth-order valence-electron chi connectivity index (χ4n) is 2.12. The van der Waals surface area contributed by atoms with Crippen LogP contribution < -0.4 is 10.6 Å². The van der Waals surface area contributed by atoms with E-state index >= 15 is 0 Å². The molecule has 2 rings (SSSR count). The molecule has 94 valence electrons. The van der Waals surface area contributed by atoms with Gasteiger partial charge in [0.05, 0.1) is 12.3 Å². The Morgan fingerprint density at radius 2 is 2.18 bits per heavy atom. The molecule has 1 fully saturated rings. The van der Waals surface area contributed by atoms with Crippen molar-refractivity contribution in [3.05, 3.63) is 28.2 Å². The first-order valence-corrected chi connectivity index (χ1v) is 6.92. The van der Waals surface area contributed by atoms with Crippen LogP contribution in [-0.4, -0.2) is 32.8 Å². The molecule has 1 heterocycles. The number of halogens is 1. The molecule has 2 N–H and O–H groups in total. The highest BCUT2D eigenvalue weighted by Crippen LogP contribution is 2.28. The molecule has 1 aliphatic rings. The summed E-state index contributed by atoms with van der Waals surface area (Å²) in [6, 6.07) is 6.52. The zero-order valence-corrected chi connectivity index (χ0v) is 11.6. The van der Waals surface area contributed by atoms with Crippen molar-refractivity contribution in [2.75, 3.05) is 37.7 Å². The molecule has 0 aromatic heterocycles. The maximum atomic E-state index is 5.57. The summed E-state index contributed by atoms with van der Waals surface area (Å²) >= 11 is 3.65. The van der Waals surface area contributed by atoms with Crippen LogP contribution >= 0.6 is 15.9 Å². The fraction of sp³-hybridized carbons (Fsp3) is 0.538. The van der Waals surface area contributed by atoms with Crippen molar-refractivity contribution in [2.24, 2.45) is 5.73 Å². The molecule has 0 atom stereocenters. The molecule has 0 radical (unpaired) electrons. The zero-order chi connectivity index (χ0) is 12.1. The quantitative estimate of drug-likeness (QED) is 0.929. The molecule has 17 heavy (non-hydrogen) atoms. The minimum absolute atomic E-state index is 0.698. The van der Waals surface area contributed by atoms with Crippen LogP contribution in [0.4, 0.5) is 5.69 Å². The molecule has 1 aromatic rings. The van der Waals surface area contributed by atoms with Crippen molar-refractivity contribution in [2.45, 2.75) is 12.8 Å². The molecule has 0 bridgehead atoms. The van der Waals surface area contributed by atoms with E-state index in [4.69, 9.17) is 10.5 Å². The summed E-state index contributed by atoms with van der Waals surface area (Å²) in [4.78, 5) is 2.38. The van der Waals surface area contributed by atoms with Gasteiger partial charge >= 0.3 is 0 Å². The number of rotatable bonds is 3. The fourth-order valence-corrected chi connectivity index (χ4v) is 2.79. The van der Waals surface area contributed by atoms with E-state index in [2.05, 4.69) is 39.0 Å². The highest BCUT2D eigenvalue weighted by atomic mass is 79.9. The predicted octanol–water partition coefficient (Wildman–Crippen LogP) is 2.18. The van der Waals surface area contributed by atoms with E-state index in [0.717, 1.165) is 43.6 Å². The Morgan fingerprint density at radius 1 is 1.29 bits per heavy atom. The van der Waals surface area contributed by atoms with Gasteiger partial charge in [0.25, 0.3) is 0 Å². The Bertz CT molecular complexity index is 362. The summed E-state index contributed by atoms with van der Waals surface area (Å²) in [5.74, 6) is 0. The molecule has 1 aliphatic heterocycles. The normalized spacial score (nSPS) is 16.9. The molecule has 0 saturated carbocycles. The Balaban J connectivity index is 2.14. The van der Waals surface area contributed by atoms with Crippen molar-refractivity contribution < 1.29 is 4.74 Å². The number of hydrogen-bond acceptors (Lipinski definition) is 3. The second-order valence-corrected chi connectivity index (χ2v) is 5.13. The van der Waals surface area contributed by atoms with Gasteiger partial charge in [0, 0.05) is 24.2 Å². The molecular weight excluding hydrogens is 280 g/mol. The number of hydrogen-bond donors (Lipinski definition) is 1. The molecule has 3 nitrogen and oxygen atoms in total. The van der Waals surface area contributed by atoms with E-state index in [1.54, 1.807) is 0 Å². The number of nitrogens with two attached hydrogens (primary N) is 1. The average molecular weight is 299 g/mol. The molecule has 0 unspecified atom stereocenters. The monoisotopic (exact) mass is 298 g/mol. The second-order valence-electron chi connectivity index (χ2n) is 4.28. The van der Waals surface area contributed by atoms with Crippen LogP contribution in [0.5, 0.6) is 0 Å². The number of nitrogens with zero attached hydrogens (tertiary/aromatic N) is 1. The van der Waals surface area contributed by atoms with Crippen LogP contribution in [0.25, 0.3) is 0 Å². The van der Waals surface area contributed by atoms with Crippen LogP contribution in [0.1, 0.15) is 12.0 Å². The van der Waals surface area contributed by atoms with Crippen molar-refractivity contribution >= 4 is 21.6 Å². The van der Waals surface area contributed by atoms with Gasteiger partial charge in [0.1, 0.15) is 0 Å². The van der Waals surface area contributed by atoms with Crippen molar-refractivity contribution in [3.8, 4) is 0 Å². The highest BCUT2D eigenvalue weighted by molar-refractivity contribution is 9.10. The number of ether oxygens (including phenoxy) is 1. The van der Waals surface area contributed by atoms with Crippen molar-refractivity contribution in [1.29, 1.82) is 0 Å². The van der Waals surface area contributed by atoms with E-state index in [0.29, 0.717) is 6.54 Å². The molecule has 0 aliphatic carbocycles. The lowest BCUT2D eigenvalue weighted by Crippen LogP contribution is -2.26. The lowest BCUT2D eigenvalue weighted by atomic mass is 10.1. The zero-order valence-electron chi connectivity index (χ0n) is 9.99. The van der Waals surface area contributed by atoms with Gasteiger partial charge in [-0.25, -0.2) is 0 Å². The first-order valence-electron chi connectivity index (χ1n) is 6.12. The standard InChI is InChI=1S/C13H19BrN2O/c14-12-10-11(4-5-15)2-3-13(12)16-6-1-8-17-9-7-16/h2-3,10H,1,4-9,15H2. The minimum atomic E-state index is 0.698. The Kier molecular flexibility index (Phi) is 4.83. The van der Waals surface area contributed by atoms with Crippen LogP contribution in [0, 0.1) is 0 Å². The van der Waals surface area contributed by atoms with E-state index in [1.165, 1.54) is 11.3 Å². The smallest absolute Gasteiger partial charge is 0.0641 e. The Hall–Kier alpha value is -0.580. The molecule has 0 spiro atoms. The Labute approximate surface area is 111 Å². The Morgan fingerprint density at radius 3 is 2.94 bits per heavy atom. The van der Waals surface area contributed by atoms with Gasteiger partial charge in [0.15, 0.2) is 0 Å². The SMILES string of the molecule is NCCc1ccc(N2CCCOCC2)c(Br)c1. The van der Waals surface area contributed by atoms with E-state index in [-0.39, 0.29) is 0 Å². The van der Waals surface area contributed by atoms with Gasteiger partial charge in [-0.2, -0.15) is 0 Å². The van der Waals surface area contributed by atoms with Gasteiger partial charge in [-0.1, -0.05) is 6.07 Å². The summed E-state index contributed by atoms with van der Waals surface area (Å²) in [6.07, 6.45) is 2.03. The predicted molar refractivity (Wildman–Crippen MR) is 74.5 cm³/mol. The summed E-state index contributed by atoms with van der Waals surface area (Å²) in [5, 5.41) is 0. The van der Waals surface area contributed by atoms with Crippen LogP contribution in [0.15, 0.2) is 22.7 Å². The number of anilines is 1. The minimum Gasteiger partial charge on any atom is -0.380 e. The van der Waals surface area contributed by atoms with Crippen LogP contribution in [0.2, 0.25) is 0 Å². The van der Waals surface area contributed by atoms with Gasteiger partial charge in [-0.3, -0.25) is 0 Å². The van der Waals surface area contributed by atoms with Gasteiger partial charge in [-0.05, 0) is 53.0 Å². The first-order chi connectivity index (χ1) is 8.31. The largest absolute Gasteiger partial charge is 0.380 e. The van der Waals surface area contributed by atoms with E-state index in [1.807, 2.05) is 0 Å². The molecule has 4 heteroatoms. The summed E-state index contributed by atoms with van der Waals surface area (Å²) < 4.78 is 6.63. The summed E-state index contributed by atoms with van der Waals surface area (Å²) in [6.45, 7) is 4.42. The van der Waals surface area contributed by atoms with Gasteiger partial charge in [-0.15, -0.1) is 0 Å². The van der Waals surface area contributed by atoms with Crippen LogP contribution in [-0.2, 0) is 11.2 Å². The maximum absolute atomic E-state index is 5.57. The first kappa shape index (κ1) is 12.9. The molecule has 1 saturated heterocycles. The highest BCUT2D eigenvalue weighted by Gasteiger charge is 2.12. The van der Waals surface area contributed by atoms with Crippen molar-refractivity contribution in [3.63, 3.8) is 0 Å². The third kappa shape index (κ3) is 3.44. The van der Waals surface area contributed by atoms with Crippen molar-refractivity contribution in [1.82, 2.24) is 0 Å². The molecule has 1 aromatic carbocycles. The van der Waals surface area contributed by atoms with Crippen LogP contribution in [0.3, 0.4) is 0 Å². The second kappa shape index (κ2) is 6.38. The average Bonchev–Trinajstić information content (AvgIpc) is 2.58. The summed E-state index contributed by atoms with van der Waals surface area (Å²) in [7, 11) is 0. The third-order valence-corrected chi connectivity index (χ3v) is 3.64. The summed E-state index contributed by atoms with van der Waals surface area (Å²) in [5.41, 5.74) is 8.12. The van der Waals surface area contributed by atoms with E-state index < -0.39 is 0 Å². The third-order valence-electron chi connectivity index (χ3n) is 3.01. The lowest BCUT2D eigenvalue weighted by Gasteiger charge is -2.23. The topological polar surface area (TPSA) is 38.5 Å². The number of benzene rings is 1. The lowest BCUT2D eigenvalue weighted by molar-refractivity contribution is 0.152. The maximum Gasteiger partial charge on any atom is 0.0641 e. The van der Waals surface area contributed by atoms with Gasteiger partial charge < -0.3 is 15.4 Å². The molecular formula is C13H19BrN2O. The molecule has 0 amide bonds. The van der Waals surface area contributed by atoms with E-state index in [9.17, 15) is 0 Å².